The Bertz CT molecular complexity index is 747. The zero-order valence-corrected chi connectivity index (χ0v) is 11.8. The van der Waals surface area contributed by atoms with E-state index in [-0.39, 0.29) is 5.75 Å². The number of hydrogen-bond acceptors (Lipinski definition) is 3. The maximum Gasteiger partial charge on any atom is 0.296 e. The van der Waals surface area contributed by atoms with Gasteiger partial charge in [-0.05, 0) is 36.1 Å². The van der Waals surface area contributed by atoms with Gasteiger partial charge in [-0.3, -0.25) is 9.59 Å². The van der Waals surface area contributed by atoms with Crippen LogP contribution in [-0.2, 0) is 12.8 Å². The smallest absolute Gasteiger partial charge is 0.296 e. The number of aromatic amines is 1. The largest absolute Gasteiger partial charge is 0.507 e. The zero-order chi connectivity index (χ0) is 14.7. The monoisotopic (exact) mass is 273 g/mol. The van der Waals surface area contributed by atoms with Gasteiger partial charge in [0.1, 0.15) is 5.75 Å². The van der Waals surface area contributed by atoms with Crippen molar-refractivity contribution in [3.05, 3.63) is 49.9 Å². The highest BCUT2D eigenvalue weighted by Crippen LogP contribution is 2.25. The second kappa shape index (κ2) is 5.90. The van der Waals surface area contributed by atoms with Crippen LogP contribution in [0.1, 0.15) is 37.8 Å². The van der Waals surface area contributed by atoms with E-state index in [0.29, 0.717) is 10.9 Å². The molecule has 0 radical (unpaired) electrons. The fourth-order valence-electron chi connectivity index (χ4n) is 2.46. The van der Waals surface area contributed by atoms with Gasteiger partial charge in [0.25, 0.3) is 5.56 Å². The first kappa shape index (κ1) is 14.3. The third-order valence-corrected chi connectivity index (χ3v) is 3.39. The summed E-state index contributed by atoms with van der Waals surface area (Å²) < 4.78 is 0. The molecular weight excluding hydrogens is 254 g/mol. The molecule has 0 aliphatic carbocycles. The van der Waals surface area contributed by atoms with Crippen LogP contribution < -0.4 is 11.0 Å². The highest BCUT2D eigenvalue weighted by molar-refractivity contribution is 5.85. The molecule has 0 spiro atoms. The molecule has 2 rings (SSSR count). The number of nitrogens with one attached hydrogen (secondary N) is 1. The minimum Gasteiger partial charge on any atom is -0.507 e. The van der Waals surface area contributed by atoms with Crippen LogP contribution in [0.3, 0.4) is 0 Å². The average Bonchev–Trinajstić information content (AvgIpc) is 2.50. The molecule has 1 aromatic heterocycles. The van der Waals surface area contributed by atoms with Crippen LogP contribution in [0.15, 0.2) is 27.8 Å². The maximum atomic E-state index is 11.6. The molecule has 20 heavy (non-hydrogen) atoms. The zero-order valence-electron chi connectivity index (χ0n) is 11.8. The Kier molecular flexibility index (Phi) is 4.23. The van der Waals surface area contributed by atoms with Crippen molar-refractivity contribution in [3.63, 3.8) is 0 Å². The fourth-order valence-corrected chi connectivity index (χ4v) is 2.46. The Hall–Kier alpha value is -2.10. The Morgan fingerprint density at radius 2 is 1.60 bits per heavy atom. The van der Waals surface area contributed by atoms with E-state index in [1.807, 2.05) is 12.1 Å². The number of rotatable bonds is 4. The Morgan fingerprint density at radius 3 is 2.20 bits per heavy atom. The number of H-pyrrole nitrogens is 1. The number of hydrogen-bond donors (Lipinski definition) is 2. The lowest BCUT2D eigenvalue weighted by molar-refractivity contribution is 0.481. The molecule has 2 aromatic rings. The van der Waals surface area contributed by atoms with Crippen molar-refractivity contribution in [3.8, 4) is 5.75 Å². The second-order valence-corrected chi connectivity index (χ2v) is 5.01. The van der Waals surface area contributed by atoms with E-state index in [4.69, 9.17) is 0 Å². The molecule has 1 aromatic carbocycles. The van der Waals surface area contributed by atoms with Crippen LogP contribution >= 0.6 is 0 Å². The van der Waals surface area contributed by atoms with Gasteiger partial charge in [0.2, 0.25) is 5.43 Å². The van der Waals surface area contributed by atoms with Crippen LogP contribution in [-0.4, -0.2) is 10.1 Å². The van der Waals surface area contributed by atoms with Gasteiger partial charge in [0.05, 0.1) is 5.52 Å². The average molecular weight is 273 g/mol. The van der Waals surface area contributed by atoms with Gasteiger partial charge in [0.15, 0.2) is 0 Å². The van der Waals surface area contributed by atoms with Gasteiger partial charge in [-0.2, -0.15) is 0 Å². The summed E-state index contributed by atoms with van der Waals surface area (Å²) in [5.74, 6) is -0.149. The van der Waals surface area contributed by atoms with Gasteiger partial charge in [-0.15, -0.1) is 0 Å². The molecule has 0 saturated heterocycles. The number of benzene rings is 1. The molecule has 0 unspecified atom stereocenters. The Balaban J connectivity index is 2.83. The van der Waals surface area contributed by atoms with E-state index in [2.05, 4.69) is 18.8 Å². The van der Waals surface area contributed by atoms with E-state index in [0.717, 1.165) is 42.9 Å². The lowest BCUT2D eigenvalue weighted by Crippen LogP contribution is -2.22. The summed E-state index contributed by atoms with van der Waals surface area (Å²) in [5.41, 5.74) is 1.40. The molecule has 0 aliphatic heterocycles. The standard InChI is InChI=1S/C16H19NO3/c1-3-5-10-7-12-13(8-11(10)6-4-2)17-16(20)15(19)9-14(12)18/h7-9,18H,3-6H2,1-2H3,(H,17,19,20). The van der Waals surface area contributed by atoms with Crippen LogP contribution in [0.5, 0.6) is 5.75 Å². The van der Waals surface area contributed by atoms with Gasteiger partial charge >= 0.3 is 0 Å². The van der Waals surface area contributed by atoms with Gasteiger partial charge in [-0.25, -0.2) is 0 Å². The summed E-state index contributed by atoms with van der Waals surface area (Å²) in [4.78, 5) is 25.6. The third kappa shape index (κ3) is 2.74. The van der Waals surface area contributed by atoms with Gasteiger partial charge in [0, 0.05) is 11.5 Å². The van der Waals surface area contributed by atoms with E-state index in [1.165, 1.54) is 0 Å². The number of fused-ring (bicyclic) bond motifs is 1. The first-order valence-electron chi connectivity index (χ1n) is 6.99. The van der Waals surface area contributed by atoms with Crippen LogP contribution in [0, 0.1) is 0 Å². The van der Waals surface area contributed by atoms with Crippen molar-refractivity contribution in [2.45, 2.75) is 39.5 Å². The predicted molar refractivity (Wildman–Crippen MR) is 80.5 cm³/mol. The van der Waals surface area contributed by atoms with Crippen LogP contribution in [0.4, 0.5) is 0 Å². The van der Waals surface area contributed by atoms with E-state index >= 15 is 0 Å². The minimum atomic E-state index is -0.729. The summed E-state index contributed by atoms with van der Waals surface area (Å²) in [7, 11) is 0. The summed E-state index contributed by atoms with van der Waals surface area (Å²) in [6, 6.07) is 4.75. The van der Waals surface area contributed by atoms with E-state index in [9.17, 15) is 14.7 Å². The number of aromatic nitrogens is 1. The molecule has 2 N–H and O–H groups in total. The molecule has 4 heteroatoms. The van der Waals surface area contributed by atoms with Crippen molar-refractivity contribution in [2.24, 2.45) is 0 Å². The van der Waals surface area contributed by atoms with Crippen LogP contribution in [0.2, 0.25) is 0 Å². The van der Waals surface area contributed by atoms with E-state index in [1.54, 1.807) is 0 Å². The van der Waals surface area contributed by atoms with Crippen molar-refractivity contribution in [2.75, 3.05) is 0 Å². The number of aromatic hydroxyl groups is 1. The molecule has 0 saturated carbocycles. The van der Waals surface area contributed by atoms with E-state index < -0.39 is 11.0 Å². The van der Waals surface area contributed by atoms with Crippen molar-refractivity contribution >= 4 is 10.9 Å². The maximum absolute atomic E-state index is 11.6. The van der Waals surface area contributed by atoms with Crippen LogP contribution in [0.25, 0.3) is 10.9 Å². The highest BCUT2D eigenvalue weighted by atomic mass is 16.3. The molecule has 0 bridgehead atoms. The number of aryl methyl sites for hydroxylation is 2. The summed E-state index contributed by atoms with van der Waals surface area (Å²) in [6.45, 7) is 4.20. The summed E-state index contributed by atoms with van der Waals surface area (Å²) in [6.07, 6.45) is 3.84. The molecule has 1 heterocycles. The van der Waals surface area contributed by atoms with Crippen molar-refractivity contribution in [1.82, 2.24) is 4.98 Å². The SMILES string of the molecule is CCCc1cc2[nH]c(=O)c(=O)cc(O)c2cc1CCC. The van der Waals surface area contributed by atoms with Gasteiger partial charge in [-0.1, -0.05) is 26.7 Å². The lowest BCUT2D eigenvalue weighted by Gasteiger charge is -2.09. The predicted octanol–water partition coefficient (Wildman–Crippen LogP) is 2.50. The molecule has 4 nitrogen and oxygen atoms in total. The van der Waals surface area contributed by atoms with Crippen molar-refractivity contribution < 1.29 is 5.11 Å². The Labute approximate surface area is 117 Å². The minimum absolute atomic E-state index is 0.149. The third-order valence-electron chi connectivity index (χ3n) is 3.39. The normalized spacial score (nSPS) is 10.9. The fraction of sp³-hybridized carbons (Fsp3) is 0.375. The molecule has 106 valence electrons. The van der Waals surface area contributed by atoms with Crippen molar-refractivity contribution in [1.29, 1.82) is 0 Å². The Morgan fingerprint density at radius 1 is 1.00 bits per heavy atom. The first-order chi connectivity index (χ1) is 9.56. The highest BCUT2D eigenvalue weighted by Gasteiger charge is 2.08. The van der Waals surface area contributed by atoms with Gasteiger partial charge < -0.3 is 10.1 Å². The summed E-state index contributed by atoms with van der Waals surface area (Å²) in [5, 5.41) is 10.5. The second-order valence-electron chi connectivity index (χ2n) is 5.01. The first-order valence-corrected chi connectivity index (χ1v) is 6.99. The molecule has 0 fully saturated rings. The molecule has 0 aliphatic rings. The summed E-state index contributed by atoms with van der Waals surface area (Å²) >= 11 is 0. The lowest BCUT2D eigenvalue weighted by atomic mass is 9.97. The molecule has 0 atom stereocenters. The molecule has 0 amide bonds. The topological polar surface area (TPSA) is 70.2 Å². The quantitative estimate of drug-likeness (QED) is 0.841. The molecular formula is C16H19NO3.